The molecule has 236 valence electrons. The lowest BCUT2D eigenvalue weighted by atomic mass is 9.92. The van der Waals surface area contributed by atoms with Gasteiger partial charge in [0.05, 0.1) is 36.2 Å². The number of halogens is 1. The third kappa shape index (κ3) is 7.33. The van der Waals surface area contributed by atoms with E-state index in [1.165, 1.54) is 6.42 Å². The third-order valence-corrected chi connectivity index (χ3v) is 9.67. The number of amides is 1. The Morgan fingerprint density at radius 1 is 0.911 bits per heavy atom. The summed E-state index contributed by atoms with van der Waals surface area (Å²) < 4.78 is 7.23. The van der Waals surface area contributed by atoms with Crippen molar-refractivity contribution >= 4 is 28.3 Å². The van der Waals surface area contributed by atoms with Crippen molar-refractivity contribution in [2.24, 2.45) is 5.92 Å². The number of piperidine rings is 1. The summed E-state index contributed by atoms with van der Waals surface area (Å²) in [6.45, 7) is 9.25. The number of carbonyl (C=O) groups excluding carboxylic acids is 1. The van der Waals surface area contributed by atoms with Crippen LogP contribution in [-0.2, 0) is 11.3 Å². The fourth-order valence-corrected chi connectivity index (χ4v) is 7.05. The predicted octanol–water partition coefficient (Wildman–Crippen LogP) is 6.46. The highest BCUT2D eigenvalue weighted by Crippen LogP contribution is 2.29. The monoisotopic (exact) mass is 626 g/mol. The summed E-state index contributed by atoms with van der Waals surface area (Å²) in [5.74, 6) is 0.503. The van der Waals surface area contributed by atoms with Gasteiger partial charge in [0, 0.05) is 35.4 Å². The van der Waals surface area contributed by atoms with Crippen molar-refractivity contribution in [2.75, 3.05) is 45.9 Å². The van der Waals surface area contributed by atoms with Crippen molar-refractivity contribution in [1.29, 1.82) is 0 Å². The maximum Gasteiger partial charge on any atom is 0.263 e. The molecule has 1 atom stereocenters. The number of benzene rings is 3. The number of hydrogen-bond acceptors (Lipinski definition) is 5. The van der Waals surface area contributed by atoms with Crippen LogP contribution in [0.2, 0.25) is 5.02 Å². The van der Waals surface area contributed by atoms with Gasteiger partial charge in [-0.05, 0) is 81.1 Å². The number of likely N-dealkylation sites (tertiary alicyclic amines) is 1. The molecule has 2 saturated heterocycles. The van der Waals surface area contributed by atoms with E-state index in [0.717, 1.165) is 70.8 Å². The minimum Gasteiger partial charge on any atom is -0.379 e. The van der Waals surface area contributed by atoms with Gasteiger partial charge in [-0.25, -0.2) is 0 Å². The molecule has 8 heteroatoms. The maximum absolute atomic E-state index is 14.4. The molecule has 2 fully saturated rings. The van der Waals surface area contributed by atoms with Crippen LogP contribution in [0, 0.1) is 5.92 Å². The lowest BCUT2D eigenvalue weighted by Crippen LogP contribution is -2.40. The lowest BCUT2D eigenvalue weighted by molar-refractivity contribution is 0.0334. The number of fused-ring (bicyclic) bond motifs is 1. The summed E-state index contributed by atoms with van der Waals surface area (Å²) in [4.78, 5) is 33.6. The number of aromatic nitrogens is 1. The summed E-state index contributed by atoms with van der Waals surface area (Å²) in [6.07, 6.45) is 4.15. The van der Waals surface area contributed by atoms with Crippen LogP contribution in [0.5, 0.6) is 0 Å². The van der Waals surface area contributed by atoms with Crippen molar-refractivity contribution in [2.45, 2.75) is 45.2 Å². The molecular weight excluding hydrogens is 584 g/mol. The van der Waals surface area contributed by atoms with Crippen molar-refractivity contribution in [1.82, 2.24) is 19.7 Å². The largest absolute Gasteiger partial charge is 0.379 e. The van der Waals surface area contributed by atoms with Crippen LogP contribution in [0.25, 0.3) is 16.5 Å². The Kier molecular flexibility index (Phi) is 10.3. The molecular formula is C37H43ClN4O3. The first-order valence-electron chi connectivity index (χ1n) is 16.3. The maximum atomic E-state index is 14.4. The first-order valence-corrected chi connectivity index (χ1v) is 16.7. The second-order valence-electron chi connectivity index (χ2n) is 12.3. The van der Waals surface area contributed by atoms with Gasteiger partial charge in [0.2, 0.25) is 0 Å². The molecule has 0 radical (unpaired) electrons. The fourth-order valence-electron chi connectivity index (χ4n) is 6.86. The molecule has 3 heterocycles. The summed E-state index contributed by atoms with van der Waals surface area (Å²) >= 11 is 6.45. The standard InChI is InChI=1S/C37H43ClN4O3/c1-2-33(28-9-4-3-5-10-28)39-36(43)35-31-13-6-7-14-32(31)37(44)42(30-12-8-11-29(38)25-30)34(35)26-41-19-16-27(17-20-41)15-18-40-21-23-45-24-22-40/h3-14,25,27,33H,2,15-24,26H2,1H3,(H,39,43)/t33-/m0/s1. The minimum atomic E-state index is -0.173. The molecule has 3 aromatic carbocycles. The summed E-state index contributed by atoms with van der Waals surface area (Å²) in [5.41, 5.74) is 2.83. The lowest BCUT2D eigenvalue weighted by Gasteiger charge is -2.34. The zero-order valence-electron chi connectivity index (χ0n) is 26.1. The van der Waals surface area contributed by atoms with Crippen molar-refractivity contribution in [3.63, 3.8) is 0 Å². The highest BCUT2D eigenvalue weighted by atomic mass is 35.5. The topological polar surface area (TPSA) is 66.8 Å². The molecule has 1 N–H and O–H groups in total. The van der Waals surface area contributed by atoms with Gasteiger partial charge >= 0.3 is 0 Å². The van der Waals surface area contributed by atoms with Gasteiger partial charge in [-0.3, -0.25) is 24.0 Å². The zero-order valence-corrected chi connectivity index (χ0v) is 26.8. The Labute approximate surface area is 270 Å². The molecule has 0 unspecified atom stereocenters. The molecule has 4 aromatic rings. The number of nitrogens with one attached hydrogen (secondary N) is 1. The molecule has 2 aliphatic heterocycles. The van der Waals surface area contributed by atoms with Gasteiger partial charge in [0.25, 0.3) is 11.5 Å². The molecule has 2 aliphatic rings. The van der Waals surface area contributed by atoms with Crippen molar-refractivity contribution in [3.05, 3.63) is 111 Å². The Morgan fingerprint density at radius 3 is 2.33 bits per heavy atom. The smallest absolute Gasteiger partial charge is 0.263 e. The molecule has 1 aromatic heterocycles. The highest BCUT2D eigenvalue weighted by Gasteiger charge is 2.28. The molecule has 7 nitrogen and oxygen atoms in total. The minimum absolute atomic E-state index is 0.144. The molecule has 0 bridgehead atoms. The zero-order chi connectivity index (χ0) is 31.2. The van der Waals surface area contributed by atoms with Gasteiger partial charge in [0.1, 0.15) is 0 Å². The molecule has 0 aliphatic carbocycles. The van der Waals surface area contributed by atoms with Gasteiger partial charge in [0.15, 0.2) is 0 Å². The Bertz CT molecular complexity index is 1660. The fraction of sp³-hybridized carbons (Fsp3) is 0.405. The van der Waals surface area contributed by atoms with Crippen LogP contribution in [0.15, 0.2) is 83.7 Å². The second kappa shape index (κ2) is 14.7. The second-order valence-corrected chi connectivity index (χ2v) is 12.7. The normalized spacial score (nSPS) is 17.4. The number of hydrogen-bond donors (Lipinski definition) is 1. The number of carbonyl (C=O) groups is 1. The molecule has 45 heavy (non-hydrogen) atoms. The average molecular weight is 627 g/mol. The molecule has 6 rings (SSSR count). The van der Waals surface area contributed by atoms with Crippen molar-refractivity contribution < 1.29 is 9.53 Å². The van der Waals surface area contributed by atoms with Crippen LogP contribution in [0.3, 0.4) is 0 Å². The van der Waals surface area contributed by atoms with Gasteiger partial charge in [-0.1, -0.05) is 73.1 Å². The van der Waals surface area contributed by atoms with Gasteiger partial charge in [-0.2, -0.15) is 0 Å². The van der Waals surface area contributed by atoms with Gasteiger partial charge < -0.3 is 10.1 Å². The van der Waals surface area contributed by atoms with E-state index in [9.17, 15) is 9.59 Å². The van der Waals surface area contributed by atoms with Crippen LogP contribution in [0.4, 0.5) is 0 Å². The van der Waals surface area contributed by atoms with E-state index in [0.29, 0.717) is 45.2 Å². The van der Waals surface area contributed by atoms with E-state index in [1.54, 1.807) is 16.7 Å². The first kappa shape index (κ1) is 31.5. The quantitative estimate of drug-likeness (QED) is 0.219. The van der Waals surface area contributed by atoms with Gasteiger partial charge in [-0.15, -0.1) is 0 Å². The Balaban J connectivity index is 1.35. The summed E-state index contributed by atoms with van der Waals surface area (Å²) in [7, 11) is 0. The predicted molar refractivity (Wildman–Crippen MR) is 181 cm³/mol. The van der Waals surface area contributed by atoms with Crippen LogP contribution in [-0.4, -0.2) is 66.2 Å². The average Bonchev–Trinajstić information content (AvgIpc) is 3.08. The summed E-state index contributed by atoms with van der Waals surface area (Å²) in [5, 5.41) is 5.06. The van der Waals surface area contributed by atoms with E-state index in [1.807, 2.05) is 66.7 Å². The third-order valence-electron chi connectivity index (χ3n) is 9.44. The van der Waals surface area contributed by atoms with E-state index in [-0.39, 0.29) is 17.5 Å². The Hall–Kier alpha value is -3.49. The van der Waals surface area contributed by atoms with E-state index < -0.39 is 0 Å². The van der Waals surface area contributed by atoms with Crippen LogP contribution >= 0.6 is 11.6 Å². The number of ether oxygens (including phenoxy) is 1. The highest BCUT2D eigenvalue weighted by molar-refractivity contribution is 6.30. The SMILES string of the molecule is CC[C@H](NC(=O)c1c(CN2CCC(CCN3CCOCC3)CC2)n(-c2cccc(Cl)c2)c(=O)c2ccccc12)c1ccccc1. The molecule has 0 saturated carbocycles. The van der Waals surface area contributed by atoms with Crippen molar-refractivity contribution in [3.8, 4) is 5.69 Å². The molecule has 1 amide bonds. The van der Waals surface area contributed by atoms with E-state index in [4.69, 9.17) is 16.3 Å². The van der Waals surface area contributed by atoms with Crippen LogP contribution < -0.4 is 10.9 Å². The van der Waals surface area contributed by atoms with Crippen LogP contribution in [0.1, 0.15) is 60.3 Å². The number of rotatable bonds is 10. The summed E-state index contributed by atoms with van der Waals surface area (Å²) in [6, 6.07) is 24.7. The number of pyridine rings is 1. The first-order chi connectivity index (χ1) is 22.0. The number of nitrogens with zero attached hydrogens (tertiary/aromatic N) is 3. The number of morpholine rings is 1. The Morgan fingerprint density at radius 2 is 1.62 bits per heavy atom. The van der Waals surface area contributed by atoms with E-state index in [2.05, 4.69) is 22.0 Å². The molecule has 0 spiro atoms. The van der Waals surface area contributed by atoms with E-state index >= 15 is 0 Å².